The summed E-state index contributed by atoms with van der Waals surface area (Å²) in [6, 6.07) is 9.88. The van der Waals surface area contributed by atoms with E-state index in [0.717, 1.165) is 9.13 Å². The van der Waals surface area contributed by atoms with Crippen LogP contribution in [-0.4, -0.2) is 16.4 Å². The smallest absolute Gasteiger partial charge is 0.142 e. The van der Waals surface area contributed by atoms with Gasteiger partial charge in [0.15, 0.2) is 0 Å². The molecule has 0 fully saturated rings. The summed E-state index contributed by atoms with van der Waals surface area (Å²) in [4.78, 5) is 4.17. The second-order valence-corrected chi connectivity index (χ2v) is 5.20. The third kappa shape index (κ3) is 3.14. The van der Waals surface area contributed by atoms with Crippen LogP contribution >= 0.6 is 34.2 Å². The first-order valence-electron chi connectivity index (χ1n) is 5.07. The van der Waals surface area contributed by atoms with E-state index in [0.29, 0.717) is 10.7 Å². The van der Waals surface area contributed by atoms with Crippen LogP contribution in [0.4, 0.5) is 5.69 Å². The summed E-state index contributed by atoms with van der Waals surface area (Å²) in [5.41, 5.74) is 1.29. The van der Waals surface area contributed by atoms with Gasteiger partial charge in [0, 0.05) is 17.3 Å². The van der Waals surface area contributed by atoms with Crippen molar-refractivity contribution >= 4 is 46.1 Å². The van der Waals surface area contributed by atoms with Crippen molar-refractivity contribution < 1.29 is 10.2 Å². The molecule has 0 atom stereocenters. The fraction of sp³-hybridized carbons (Fsp3) is 0. The van der Waals surface area contributed by atoms with Crippen LogP contribution in [-0.2, 0) is 0 Å². The highest BCUT2D eigenvalue weighted by Crippen LogP contribution is 2.29. The first-order valence-corrected chi connectivity index (χ1v) is 6.53. The molecule has 0 amide bonds. The van der Waals surface area contributed by atoms with E-state index in [-0.39, 0.29) is 11.5 Å². The normalized spacial score (nSPS) is 11.0. The second kappa shape index (κ2) is 5.58. The van der Waals surface area contributed by atoms with E-state index in [2.05, 4.69) is 4.99 Å². The fourth-order valence-corrected chi connectivity index (χ4v) is 2.06. The van der Waals surface area contributed by atoms with E-state index in [1.165, 1.54) is 6.07 Å². The van der Waals surface area contributed by atoms with E-state index in [1.54, 1.807) is 36.5 Å². The number of aromatic hydroxyl groups is 2. The molecule has 0 aliphatic carbocycles. The third-order valence-electron chi connectivity index (χ3n) is 2.26. The van der Waals surface area contributed by atoms with Gasteiger partial charge < -0.3 is 10.2 Å². The lowest BCUT2D eigenvalue weighted by molar-refractivity contribution is 0.471. The van der Waals surface area contributed by atoms with Crippen LogP contribution in [0, 0.1) is 3.57 Å². The van der Waals surface area contributed by atoms with Gasteiger partial charge in [0.2, 0.25) is 0 Å². The molecular weight excluding hydrogens is 365 g/mol. The van der Waals surface area contributed by atoms with Crippen molar-refractivity contribution in [1.82, 2.24) is 0 Å². The summed E-state index contributed by atoms with van der Waals surface area (Å²) in [5, 5.41) is 19.5. The molecule has 0 radical (unpaired) electrons. The summed E-state index contributed by atoms with van der Waals surface area (Å²) >= 11 is 7.77. The first-order chi connectivity index (χ1) is 8.56. The largest absolute Gasteiger partial charge is 0.507 e. The van der Waals surface area contributed by atoms with Gasteiger partial charge in [0.25, 0.3) is 0 Å². The van der Waals surface area contributed by atoms with Gasteiger partial charge in [-0.15, -0.1) is 0 Å². The van der Waals surface area contributed by atoms with Crippen LogP contribution in [0.1, 0.15) is 5.56 Å². The van der Waals surface area contributed by atoms with Crippen LogP contribution in [0.5, 0.6) is 11.5 Å². The molecule has 3 nitrogen and oxygen atoms in total. The van der Waals surface area contributed by atoms with Crippen LogP contribution in [0.25, 0.3) is 0 Å². The molecule has 0 aromatic heterocycles. The minimum atomic E-state index is 0.0345. The van der Waals surface area contributed by atoms with Crippen molar-refractivity contribution in [3.63, 3.8) is 0 Å². The van der Waals surface area contributed by atoms with Gasteiger partial charge in [-0.3, -0.25) is 4.99 Å². The number of rotatable bonds is 2. The van der Waals surface area contributed by atoms with Crippen LogP contribution in [0.15, 0.2) is 41.4 Å². The number of halogens is 2. The average molecular weight is 374 g/mol. The molecule has 92 valence electrons. The zero-order chi connectivity index (χ0) is 13.1. The summed E-state index contributed by atoms with van der Waals surface area (Å²) in [5.74, 6) is 0.273. The third-order valence-corrected chi connectivity index (χ3v) is 3.36. The molecule has 2 aromatic rings. The minimum Gasteiger partial charge on any atom is -0.507 e. The quantitative estimate of drug-likeness (QED) is 0.615. The molecule has 2 N–H and O–H groups in total. The molecule has 5 heteroatoms. The van der Waals surface area contributed by atoms with Gasteiger partial charge in [-0.05, 0) is 58.5 Å². The number of benzene rings is 2. The Kier molecular flexibility index (Phi) is 4.08. The molecule has 0 bridgehead atoms. The number of aliphatic imine (C=N–C) groups is 1. The van der Waals surface area contributed by atoms with Crippen molar-refractivity contribution in [3.8, 4) is 11.5 Å². The number of phenolic OH excluding ortho intramolecular Hbond substituents is 2. The summed E-state index contributed by atoms with van der Waals surface area (Å²) in [6.07, 6.45) is 1.62. The SMILES string of the molecule is Oc1ccc(C=Nc2ccc(Cl)cc2O)cc1I. The van der Waals surface area contributed by atoms with Gasteiger partial charge in [0.1, 0.15) is 17.2 Å². The maximum atomic E-state index is 9.63. The molecule has 0 spiro atoms. The first kappa shape index (κ1) is 13.2. The van der Waals surface area contributed by atoms with E-state index in [9.17, 15) is 10.2 Å². The lowest BCUT2D eigenvalue weighted by atomic mass is 10.2. The van der Waals surface area contributed by atoms with E-state index in [1.807, 2.05) is 22.6 Å². The van der Waals surface area contributed by atoms with Gasteiger partial charge in [0.05, 0.1) is 3.57 Å². The topological polar surface area (TPSA) is 52.8 Å². The molecule has 0 aliphatic rings. The van der Waals surface area contributed by atoms with Crippen molar-refractivity contribution in [1.29, 1.82) is 0 Å². The molecule has 2 rings (SSSR count). The molecule has 0 saturated heterocycles. The fourth-order valence-electron chi connectivity index (χ4n) is 1.35. The Morgan fingerprint density at radius 3 is 2.50 bits per heavy atom. The molecule has 2 aromatic carbocycles. The van der Waals surface area contributed by atoms with Crippen LogP contribution in [0.2, 0.25) is 5.02 Å². The zero-order valence-electron chi connectivity index (χ0n) is 9.14. The Labute approximate surface area is 123 Å². The van der Waals surface area contributed by atoms with Gasteiger partial charge in [-0.1, -0.05) is 11.6 Å². The van der Waals surface area contributed by atoms with Gasteiger partial charge in [-0.25, -0.2) is 0 Å². The molecule has 0 unspecified atom stereocenters. The number of hydrogen-bond acceptors (Lipinski definition) is 3. The second-order valence-electron chi connectivity index (χ2n) is 3.60. The Morgan fingerprint density at radius 2 is 1.83 bits per heavy atom. The lowest BCUT2D eigenvalue weighted by Crippen LogP contribution is -1.82. The number of phenols is 2. The minimum absolute atomic E-state index is 0.0345. The Hall–Kier alpha value is -1.27. The Bertz CT molecular complexity index is 614. The molecule has 18 heavy (non-hydrogen) atoms. The highest BCUT2D eigenvalue weighted by molar-refractivity contribution is 14.1. The highest BCUT2D eigenvalue weighted by atomic mass is 127. The van der Waals surface area contributed by atoms with Crippen molar-refractivity contribution in [2.24, 2.45) is 4.99 Å². The number of hydrogen-bond donors (Lipinski definition) is 2. The zero-order valence-corrected chi connectivity index (χ0v) is 12.1. The molecule has 0 aliphatic heterocycles. The van der Waals surface area contributed by atoms with Gasteiger partial charge >= 0.3 is 0 Å². The number of nitrogens with zero attached hydrogens (tertiary/aromatic N) is 1. The van der Waals surface area contributed by atoms with Crippen molar-refractivity contribution in [2.45, 2.75) is 0 Å². The predicted molar refractivity (Wildman–Crippen MR) is 81.2 cm³/mol. The average Bonchev–Trinajstić information content (AvgIpc) is 2.32. The van der Waals surface area contributed by atoms with Crippen LogP contribution in [0.3, 0.4) is 0 Å². The summed E-state index contributed by atoms with van der Waals surface area (Å²) < 4.78 is 0.747. The van der Waals surface area contributed by atoms with E-state index in [4.69, 9.17) is 11.6 Å². The summed E-state index contributed by atoms with van der Waals surface area (Å²) in [7, 11) is 0. The van der Waals surface area contributed by atoms with E-state index >= 15 is 0 Å². The Balaban J connectivity index is 2.27. The van der Waals surface area contributed by atoms with Crippen molar-refractivity contribution in [3.05, 3.63) is 50.6 Å². The summed E-state index contributed by atoms with van der Waals surface area (Å²) in [6.45, 7) is 0. The maximum absolute atomic E-state index is 9.63. The monoisotopic (exact) mass is 373 g/mol. The van der Waals surface area contributed by atoms with Gasteiger partial charge in [-0.2, -0.15) is 0 Å². The highest BCUT2D eigenvalue weighted by Gasteiger charge is 2.00. The maximum Gasteiger partial charge on any atom is 0.142 e. The standard InChI is InChI=1S/C13H9ClINO2/c14-9-2-3-11(13(18)6-9)16-7-8-1-4-12(17)10(15)5-8/h1-7,17-18H. The molecular formula is C13H9ClINO2. The molecule has 0 saturated carbocycles. The Morgan fingerprint density at radius 1 is 1.06 bits per heavy atom. The van der Waals surface area contributed by atoms with Crippen LogP contribution < -0.4 is 0 Å². The van der Waals surface area contributed by atoms with E-state index < -0.39 is 0 Å². The predicted octanol–water partition coefficient (Wildman–Crippen LogP) is 4.11. The lowest BCUT2D eigenvalue weighted by Gasteiger charge is -2.00. The molecule has 0 heterocycles. The van der Waals surface area contributed by atoms with Crippen molar-refractivity contribution in [2.75, 3.05) is 0 Å².